The summed E-state index contributed by atoms with van der Waals surface area (Å²) in [6, 6.07) is 13.5. The Kier molecular flexibility index (Phi) is 5.39. The molecule has 0 fully saturated rings. The zero-order valence-electron chi connectivity index (χ0n) is 14.3. The lowest BCUT2D eigenvalue weighted by molar-refractivity contribution is -0.137. The second-order valence-electron chi connectivity index (χ2n) is 5.81. The lowest BCUT2D eigenvalue weighted by atomic mass is 10.1. The van der Waals surface area contributed by atoms with Crippen molar-refractivity contribution in [1.82, 2.24) is 4.98 Å². The number of carbonyl (C=O) groups is 2. The van der Waals surface area contributed by atoms with E-state index in [1.165, 1.54) is 12.3 Å². The van der Waals surface area contributed by atoms with Gasteiger partial charge in [0.15, 0.2) is 0 Å². The van der Waals surface area contributed by atoms with E-state index in [0.717, 1.165) is 24.3 Å². The molecule has 0 aliphatic heterocycles. The smallest absolute Gasteiger partial charge is 0.322 e. The Bertz CT molecular complexity index is 988. The normalized spacial score (nSPS) is 11.0. The molecule has 8 heteroatoms. The summed E-state index contributed by atoms with van der Waals surface area (Å²) in [6.07, 6.45) is -1.49. The summed E-state index contributed by atoms with van der Waals surface area (Å²) in [4.78, 5) is 28.3. The number of anilines is 2. The Balaban J connectivity index is 1.69. The predicted molar refractivity (Wildman–Crippen MR) is 98.0 cm³/mol. The third kappa shape index (κ3) is 4.73. The number of alkyl halides is 3. The molecule has 0 radical (unpaired) electrons. The molecule has 0 saturated heterocycles. The number of nitrogens with one attached hydrogen (secondary N) is 2. The van der Waals surface area contributed by atoms with Crippen molar-refractivity contribution in [3.05, 3.63) is 89.7 Å². The van der Waals surface area contributed by atoms with Crippen molar-refractivity contribution in [1.29, 1.82) is 0 Å². The topological polar surface area (TPSA) is 71.1 Å². The molecular formula is C20H14F3N3O2. The fourth-order valence-electron chi connectivity index (χ4n) is 2.39. The fourth-order valence-corrected chi connectivity index (χ4v) is 2.39. The molecule has 0 spiro atoms. The molecular weight excluding hydrogens is 371 g/mol. The molecule has 0 aliphatic carbocycles. The van der Waals surface area contributed by atoms with Crippen molar-refractivity contribution in [3.8, 4) is 0 Å². The molecule has 3 aromatic rings. The van der Waals surface area contributed by atoms with Crippen LogP contribution in [0.25, 0.3) is 0 Å². The third-order valence-electron chi connectivity index (χ3n) is 3.78. The third-order valence-corrected chi connectivity index (χ3v) is 3.78. The van der Waals surface area contributed by atoms with Gasteiger partial charge >= 0.3 is 6.18 Å². The number of amides is 2. The predicted octanol–water partition coefficient (Wildman–Crippen LogP) is 4.61. The summed E-state index contributed by atoms with van der Waals surface area (Å²) >= 11 is 0. The Labute approximate surface area is 158 Å². The summed E-state index contributed by atoms with van der Waals surface area (Å²) in [5, 5.41) is 5.27. The first-order valence-corrected chi connectivity index (χ1v) is 8.13. The Morgan fingerprint density at radius 1 is 0.786 bits per heavy atom. The molecule has 2 N–H and O–H groups in total. The van der Waals surface area contributed by atoms with Crippen LogP contribution in [-0.4, -0.2) is 16.8 Å². The van der Waals surface area contributed by atoms with Gasteiger partial charge < -0.3 is 10.6 Å². The van der Waals surface area contributed by atoms with E-state index in [-0.39, 0.29) is 11.5 Å². The number of aromatic nitrogens is 1. The van der Waals surface area contributed by atoms with Gasteiger partial charge in [-0.1, -0.05) is 6.07 Å². The largest absolute Gasteiger partial charge is 0.416 e. The van der Waals surface area contributed by atoms with Gasteiger partial charge in [0, 0.05) is 29.3 Å². The lowest BCUT2D eigenvalue weighted by Crippen LogP contribution is -2.14. The van der Waals surface area contributed by atoms with Crippen LogP contribution < -0.4 is 10.6 Å². The molecule has 0 unspecified atom stereocenters. The first-order valence-electron chi connectivity index (χ1n) is 8.13. The van der Waals surface area contributed by atoms with Gasteiger partial charge in [-0.25, -0.2) is 0 Å². The number of benzene rings is 2. The molecule has 1 aromatic heterocycles. The zero-order chi connectivity index (χ0) is 20.1. The molecule has 2 aromatic carbocycles. The van der Waals surface area contributed by atoms with Crippen molar-refractivity contribution in [2.45, 2.75) is 6.18 Å². The first-order chi connectivity index (χ1) is 13.3. The van der Waals surface area contributed by atoms with Gasteiger partial charge in [0.2, 0.25) is 0 Å². The number of carbonyl (C=O) groups excluding carboxylic acids is 2. The molecule has 5 nitrogen and oxygen atoms in total. The lowest BCUT2D eigenvalue weighted by Gasteiger charge is -2.10. The van der Waals surface area contributed by atoms with Crippen molar-refractivity contribution < 1.29 is 22.8 Å². The van der Waals surface area contributed by atoms with Crippen LogP contribution in [0.4, 0.5) is 24.5 Å². The fraction of sp³-hybridized carbons (Fsp3) is 0.0500. The monoisotopic (exact) mass is 385 g/mol. The maximum Gasteiger partial charge on any atom is 0.416 e. The molecule has 1 heterocycles. The average molecular weight is 385 g/mol. The van der Waals surface area contributed by atoms with Crippen LogP contribution in [0.1, 0.15) is 26.3 Å². The van der Waals surface area contributed by atoms with Gasteiger partial charge in [0.1, 0.15) is 0 Å². The van der Waals surface area contributed by atoms with Gasteiger partial charge in [-0.2, -0.15) is 13.2 Å². The SMILES string of the molecule is O=C(Nc1cccc(NC(=O)c2cccnc2)c1)c1ccc(C(F)(F)F)cc1. The van der Waals surface area contributed by atoms with Crippen molar-refractivity contribution in [3.63, 3.8) is 0 Å². The van der Waals surface area contributed by atoms with Gasteiger partial charge in [0.25, 0.3) is 11.8 Å². The van der Waals surface area contributed by atoms with E-state index in [1.807, 2.05) is 0 Å². The van der Waals surface area contributed by atoms with E-state index in [0.29, 0.717) is 16.9 Å². The van der Waals surface area contributed by atoms with E-state index in [9.17, 15) is 22.8 Å². The van der Waals surface area contributed by atoms with E-state index < -0.39 is 17.6 Å². The van der Waals surface area contributed by atoms with Gasteiger partial charge in [-0.15, -0.1) is 0 Å². The Morgan fingerprint density at radius 3 is 1.93 bits per heavy atom. The highest BCUT2D eigenvalue weighted by Crippen LogP contribution is 2.29. The molecule has 0 atom stereocenters. The number of pyridine rings is 1. The zero-order valence-corrected chi connectivity index (χ0v) is 14.3. The second-order valence-corrected chi connectivity index (χ2v) is 5.81. The summed E-state index contributed by atoms with van der Waals surface area (Å²) in [5.74, 6) is -0.927. The molecule has 0 bridgehead atoms. The van der Waals surface area contributed by atoms with Crippen LogP contribution in [0, 0.1) is 0 Å². The van der Waals surface area contributed by atoms with E-state index in [4.69, 9.17) is 0 Å². The van der Waals surface area contributed by atoms with Crippen molar-refractivity contribution in [2.24, 2.45) is 0 Å². The summed E-state index contributed by atoms with van der Waals surface area (Å²) in [5.41, 5.74) is 0.455. The second kappa shape index (κ2) is 7.91. The molecule has 3 rings (SSSR count). The highest BCUT2D eigenvalue weighted by atomic mass is 19.4. The number of halogens is 3. The molecule has 0 saturated carbocycles. The van der Waals surface area contributed by atoms with E-state index in [2.05, 4.69) is 15.6 Å². The van der Waals surface area contributed by atoms with E-state index >= 15 is 0 Å². The van der Waals surface area contributed by atoms with Crippen LogP contribution in [-0.2, 0) is 6.18 Å². The highest BCUT2D eigenvalue weighted by Gasteiger charge is 2.30. The van der Waals surface area contributed by atoms with Crippen LogP contribution in [0.5, 0.6) is 0 Å². The maximum absolute atomic E-state index is 12.6. The average Bonchev–Trinajstić information content (AvgIpc) is 2.68. The van der Waals surface area contributed by atoms with Crippen LogP contribution in [0.3, 0.4) is 0 Å². The summed E-state index contributed by atoms with van der Waals surface area (Å²) < 4.78 is 37.8. The number of hydrogen-bond donors (Lipinski definition) is 2. The summed E-state index contributed by atoms with van der Waals surface area (Å²) in [6.45, 7) is 0. The Hall–Kier alpha value is -3.68. The quantitative estimate of drug-likeness (QED) is 0.689. The van der Waals surface area contributed by atoms with Crippen molar-refractivity contribution >= 4 is 23.2 Å². The van der Waals surface area contributed by atoms with Gasteiger partial charge in [-0.05, 0) is 54.6 Å². The Morgan fingerprint density at radius 2 is 1.39 bits per heavy atom. The summed E-state index contributed by atoms with van der Waals surface area (Å²) in [7, 11) is 0. The highest BCUT2D eigenvalue weighted by molar-refractivity contribution is 6.06. The number of nitrogens with zero attached hydrogens (tertiary/aromatic N) is 1. The van der Waals surface area contributed by atoms with Crippen LogP contribution in [0.2, 0.25) is 0 Å². The minimum Gasteiger partial charge on any atom is -0.322 e. The van der Waals surface area contributed by atoms with Gasteiger partial charge in [0.05, 0.1) is 11.1 Å². The van der Waals surface area contributed by atoms with Crippen molar-refractivity contribution in [2.75, 3.05) is 10.6 Å². The molecule has 0 aliphatic rings. The van der Waals surface area contributed by atoms with E-state index in [1.54, 1.807) is 36.5 Å². The molecule has 2 amide bonds. The van der Waals surface area contributed by atoms with Crippen LogP contribution >= 0.6 is 0 Å². The minimum atomic E-state index is -4.46. The first kappa shape index (κ1) is 19.1. The standard InChI is InChI=1S/C20H14F3N3O2/c21-20(22,23)15-8-6-13(7-9-15)18(27)25-16-4-1-5-17(11-16)26-19(28)14-3-2-10-24-12-14/h1-12H,(H,25,27)(H,26,28). The van der Waals surface area contributed by atoms with Gasteiger partial charge in [-0.3, -0.25) is 14.6 Å². The molecule has 142 valence electrons. The number of rotatable bonds is 4. The maximum atomic E-state index is 12.6. The number of hydrogen-bond acceptors (Lipinski definition) is 3. The molecule has 28 heavy (non-hydrogen) atoms. The van der Waals surface area contributed by atoms with Crippen LogP contribution in [0.15, 0.2) is 73.1 Å². The minimum absolute atomic E-state index is 0.0813.